The van der Waals surface area contributed by atoms with Crippen molar-refractivity contribution >= 4 is 28.1 Å². The zero-order valence-corrected chi connectivity index (χ0v) is 11.1. The van der Waals surface area contributed by atoms with Gasteiger partial charge in [-0.1, -0.05) is 37.8 Å². The summed E-state index contributed by atoms with van der Waals surface area (Å²) in [5.41, 5.74) is 6.30. The second-order valence-corrected chi connectivity index (χ2v) is 5.77. The zero-order chi connectivity index (χ0) is 12.0. The Morgan fingerprint density at radius 2 is 2.06 bits per heavy atom. The Hall–Kier alpha value is -0.540. The lowest BCUT2D eigenvalue weighted by molar-refractivity contribution is 0.668. The predicted octanol–water partition coefficient (Wildman–Crippen LogP) is 3.61. The highest BCUT2D eigenvalue weighted by atomic mass is 35.5. The van der Waals surface area contributed by atoms with Gasteiger partial charge in [0.1, 0.15) is 0 Å². The Labute approximate surface area is 105 Å². The lowest BCUT2D eigenvalue weighted by atomic mass is 10.2. The minimum Gasteiger partial charge on any atom is -0.398 e. The topological polar surface area (TPSA) is 43.1 Å². The third kappa shape index (κ3) is 4.14. The maximum absolute atomic E-state index is 11.9. The standard InChI is InChI=1S/C12H18ClNOS/c1-2-3-4-5-8-16(15)12-7-6-10(13)9-11(12)14/h6-7,9H,2-5,8,14H2,1H3. The van der Waals surface area contributed by atoms with E-state index in [1.54, 1.807) is 18.2 Å². The molecular weight excluding hydrogens is 242 g/mol. The van der Waals surface area contributed by atoms with E-state index in [9.17, 15) is 4.21 Å². The molecule has 0 aliphatic rings. The first-order valence-electron chi connectivity index (χ1n) is 5.58. The van der Waals surface area contributed by atoms with Crippen LogP contribution in [0.5, 0.6) is 0 Å². The van der Waals surface area contributed by atoms with E-state index in [4.69, 9.17) is 17.3 Å². The van der Waals surface area contributed by atoms with Crippen LogP contribution in [-0.2, 0) is 10.8 Å². The van der Waals surface area contributed by atoms with Gasteiger partial charge >= 0.3 is 0 Å². The van der Waals surface area contributed by atoms with Crippen LogP contribution in [0.15, 0.2) is 23.1 Å². The summed E-state index contributed by atoms with van der Waals surface area (Å²) in [4.78, 5) is 0.709. The number of hydrogen-bond acceptors (Lipinski definition) is 2. The van der Waals surface area contributed by atoms with Crippen LogP contribution < -0.4 is 5.73 Å². The smallest absolute Gasteiger partial charge is 0.0618 e. The van der Waals surface area contributed by atoms with Gasteiger partial charge in [0.2, 0.25) is 0 Å². The molecule has 1 aromatic rings. The van der Waals surface area contributed by atoms with Crippen molar-refractivity contribution in [1.82, 2.24) is 0 Å². The van der Waals surface area contributed by atoms with E-state index in [-0.39, 0.29) is 0 Å². The number of nitrogens with two attached hydrogens (primary N) is 1. The van der Waals surface area contributed by atoms with Crippen molar-refractivity contribution < 1.29 is 4.21 Å². The summed E-state index contributed by atoms with van der Waals surface area (Å²) in [6.07, 6.45) is 4.52. The summed E-state index contributed by atoms with van der Waals surface area (Å²) < 4.78 is 11.9. The van der Waals surface area contributed by atoms with Gasteiger partial charge in [0.15, 0.2) is 0 Å². The molecule has 1 aromatic carbocycles. The summed E-state index contributed by atoms with van der Waals surface area (Å²) in [6, 6.07) is 5.14. The van der Waals surface area contributed by atoms with E-state index >= 15 is 0 Å². The molecule has 0 aliphatic heterocycles. The highest BCUT2D eigenvalue weighted by Gasteiger charge is 2.07. The molecule has 4 heteroatoms. The normalized spacial score (nSPS) is 12.6. The van der Waals surface area contributed by atoms with Crippen molar-refractivity contribution in [1.29, 1.82) is 0 Å². The van der Waals surface area contributed by atoms with E-state index in [0.29, 0.717) is 21.4 Å². The Morgan fingerprint density at radius 1 is 1.31 bits per heavy atom. The average molecular weight is 260 g/mol. The number of benzene rings is 1. The van der Waals surface area contributed by atoms with Gasteiger partial charge in [0, 0.05) is 16.5 Å². The van der Waals surface area contributed by atoms with Gasteiger partial charge in [0.25, 0.3) is 0 Å². The molecule has 0 fully saturated rings. The van der Waals surface area contributed by atoms with E-state index in [2.05, 4.69) is 6.92 Å². The van der Waals surface area contributed by atoms with Gasteiger partial charge in [0.05, 0.1) is 15.7 Å². The molecule has 0 saturated carbocycles. The maximum atomic E-state index is 11.9. The monoisotopic (exact) mass is 259 g/mol. The Balaban J connectivity index is 2.53. The van der Waals surface area contributed by atoms with Gasteiger partial charge in [-0.25, -0.2) is 0 Å². The van der Waals surface area contributed by atoms with Crippen LogP contribution in [0, 0.1) is 0 Å². The van der Waals surface area contributed by atoms with Crippen molar-refractivity contribution in [3.63, 3.8) is 0 Å². The van der Waals surface area contributed by atoms with Gasteiger partial charge < -0.3 is 5.73 Å². The molecule has 90 valence electrons. The van der Waals surface area contributed by atoms with Crippen LogP contribution in [0.3, 0.4) is 0 Å². The molecule has 0 heterocycles. The van der Waals surface area contributed by atoms with E-state index < -0.39 is 10.8 Å². The fourth-order valence-electron chi connectivity index (χ4n) is 1.50. The molecule has 1 unspecified atom stereocenters. The summed E-state index contributed by atoms with van der Waals surface area (Å²) in [5, 5.41) is 0.587. The molecule has 2 nitrogen and oxygen atoms in total. The summed E-state index contributed by atoms with van der Waals surface area (Å²) in [6.45, 7) is 2.16. The molecule has 16 heavy (non-hydrogen) atoms. The molecule has 0 saturated heterocycles. The van der Waals surface area contributed by atoms with Crippen LogP contribution in [-0.4, -0.2) is 9.96 Å². The first kappa shape index (κ1) is 13.5. The van der Waals surface area contributed by atoms with E-state index in [1.807, 2.05) is 0 Å². The number of halogens is 1. The molecule has 0 amide bonds. The van der Waals surface area contributed by atoms with Crippen molar-refractivity contribution in [3.05, 3.63) is 23.2 Å². The first-order valence-corrected chi connectivity index (χ1v) is 7.28. The minimum absolute atomic E-state index is 0.529. The molecule has 0 aromatic heterocycles. The maximum Gasteiger partial charge on any atom is 0.0618 e. The van der Waals surface area contributed by atoms with Gasteiger partial charge in [-0.15, -0.1) is 0 Å². The number of unbranched alkanes of at least 4 members (excludes halogenated alkanes) is 3. The van der Waals surface area contributed by atoms with Crippen LogP contribution in [0.4, 0.5) is 5.69 Å². The average Bonchev–Trinajstić information content (AvgIpc) is 2.24. The number of anilines is 1. The Bertz CT molecular complexity index is 368. The largest absolute Gasteiger partial charge is 0.398 e. The molecule has 2 N–H and O–H groups in total. The van der Waals surface area contributed by atoms with Crippen molar-refractivity contribution in [2.45, 2.75) is 37.5 Å². The van der Waals surface area contributed by atoms with E-state index in [1.165, 1.54) is 12.8 Å². The lowest BCUT2D eigenvalue weighted by Crippen LogP contribution is -2.02. The molecule has 0 spiro atoms. The summed E-state index contributed by atoms with van der Waals surface area (Å²) in [7, 11) is -0.990. The molecular formula is C12H18ClNOS. The second-order valence-electron chi connectivity index (χ2n) is 3.79. The van der Waals surface area contributed by atoms with Crippen molar-refractivity contribution in [3.8, 4) is 0 Å². The zero-order valence-electron chi connectivity index (χ0n) is 9.54. The Morgan fingerprint density at radius 3 is 2.69 bits per heavy atom. The SMILES string of the molecule is CCCCCCS(=O)c1ccc(Cl)cc1N. The summed E-state index contributed by atoms with van der Waals surface area (Å²) in [5.74, 6) is 0.686. The van der Waals surface area contributed by atoms with E-state index in [0.717, 1.165) is 12.8 Å². The van der Waals surface area contributed by atoms with Gasteiger partial charge in [-0.3, -0.25) is 4.21 Å². The minimum atomic E-state index is -0.990. The predicted molar refractivity (Wildman–Crippen MR) is 71.3 cm³/mol. The fourth-order valence-corrected chi connectivity index (χ4v) is 2.90. The molecule has 1 atom stereocenters. The molecule has 0 aliphatic carbocycles. The lowest BCUT2D eigenvalue weighted by Gasteiger charge is -2.05. The summed E-state index contributed by atoms with van der Waals surface area (Å²) >= 11 is 5.79. The van der Waals surface area contributed by atoms with Crippen molar-refractivity contribution in [2.75, 3.05) is 11.5 Å². The van der Waals surface area contributed by atoms with Gasteiger partial charge in [-0.05, 0) is 24.6 Å². The third-order valence-electron chi connectivity index (χ3n) is 2.40. The van der Waals surface area contributed by atoms with Crippen LogP contribution in [0.25, 0.3) is 0 Å². The highest BCUT2D eigenvalue weighted by molar-refractivity contribution is 7.85. The number of nitrogen functional groups attached to an aromatic ring is 1. The second kappa shape index (κ2) is 6.92. The Kier molecular flexibility index (Phi) is 5.85. The van der Waals surface area contributed by atoms with Crippen LogP contribution in [0.2, 0.25) is 5.02 Å². The van der Waals surface area contributed by atoms with Crippen molar-refractivity contribution in [2.24, 2.45) is 0 Å². The number of hydrogen-bond donors (Lipinski definition) is 1. The molecule has 1 rings (SSSR count). The van der Waals surface area contributed by atoms with Crippen LogP contribution in [0.1, 0.15) is 32.6 Å². The number of rotatable bonds is 6. The van der Waals surface area contributed by atoms with Gasteiger partial charge in [-0.2, -0.15) is 0 Å². The highest BCUT2D eigenvalue weighted by Crippen LogP contribution is 2.21. The molecule has 0 radical (unpaired) electrons. The quantitative estimate of drug-likeness (QED) is 0.626. The third-order valence-corrected chi connectivity index (χ3v) is 4.16. The first-order chi connectivity index (χ1) is 7.65. The molecule has 0 bridgehead atoms. The van der Waals surface area contributed by atoms with Crippen LogP contribution >= 0.6 is 11.6 Å². The fraction of sp³-hybridized carbons (Fsp3) is 0.500.